The summed E-state index contributed by atoms with van der Waals surface area (Å²) in [5.41, 5.74) is 1.01. The third-order valence-electron chi connectivity index (χ3n) is 3.67. The minimum Gasteiger partial charge on any atom is -0.311 e. The summed E-state index contributed by atoms with van der Waals surface area (Å²) >= 11 is 5.77. The van der Waals surface area contributed by atoms with Crippen LogP contribution in [0.15, 0.2) is 18.2 Å². The maximum absolute atomic E-state index is 13.0. The van der Waals surface area contributed by atoms with Crippen molar-refractivity contribution in [1.29, 1.82) is 0 Å². The first kappa shape index (κ1) is 14.7. The van der Waals surface area contributed by atoms with E-state index in [2.05, 4.69) is 29.2 Å². The summed E-state index contributed by atoms with van der Waals surface area (Å²) in [7, 11) is 4.31. The second kappa shape index (κ2) is 6.66. The average molecular weight is 286 g/mol. The van der Waals surface area contributed by atoms with Crippen LogP contribution in [0.2, 0.25) is 5.02 Å². The second-order valence-corrected chi connectivity index (χ2v) is 5.68. The minimum atomic E-state index is -0.362. The molecule has 1 heterocycles. The Labute approximate surface area is 119 Å². The van der Waals surface area contributed by atoms with Gasteiger partial charge in [0.1, 0.15) is 5.82 Å². The fourth-order valence-electron chi connectivity index (χ4n) is 2.35. The van der Waals surface area contributed by atoms with Crippen LogP contribution in [-0.4, -0.2) is 56.1 Å². The SMILES string of the molecule is CN1CCN(C)C(CNCc2ccc(F)c(Cl)c2)C1. The van der Waals surface area contributed by atoms with E-state index in [1.54, 1.807) is 12.1 Å². The Hall–Kier alpha value is -0.680. The summed E-state index contributed by atoms with van der Waals surface area (Å²) in [6, 6.07) is 5.39. The molecule has 1 aliphatic rings. The van der Waals surface area contributed by atoms with E-state index in [-0.39, 0.29) is 10.8 Å². The second-order valence-electron chi connectivity index (χ2n) is 5.28. The number of benzene rings is 1. The fraction of sp³-hybridized carbons (Fsp3) is 0.571. The lowest BCUT2D eigenvalue weighted by Gasteiger charge is -2.37. The van der Waals surface area contributed by atoms with Gasteiger partial charge in [-0.05, 0) is 31.8 Å². The molecule has 0 spiro atoms. The van der Waals surface area contributed by atoms with Crippen molar-refractivity contribution < 1.29 is 4.39 Å². The standard InChI is InChI=1S/C14H21ClFN3/c1-18-5-6-19(2)12(10-18)9-17-8-11-3-4-14(16)13(15)7-11/h3-4,7,12,17H,5-6,8-10H2,1-2H3. The molecule has 0 amide bonds. The first-order valence-corrected chi connectivity index (χ1v) is 6.97. The first-order valence-electron chi connectivity index (χ1n) is 6.59. The van der Waals surface area contributed by atoms with Crippen molar-refractivity contribution in [1.82, 2.24) is 15.1 Å². The number of likely N-dealkylation sites (N-methyl/N-ethyl adjacent to an activating group) is 2. The Morgan fingerprint density at radius 2 is 2.16 bits per heavy atom. The summed E-state index contributed by atoms with van der Waals surface area (Å²) in [6.45, 7) is 4.95. The van der Waals surface area contributed by atoms with Gasteiger partial charge >= 0.3 is 0 Å². The van der Waals surface area contributed by atoms with Crippen molar-refractivity contribution in [2.24, 2.45) is 0 Å². The van der Waals surface area contributed by atoms with Crippen LogP contribution in [0, 0.1) is 5.82 Å². The zero-order chi connectivity index (χ0) is 13.8. The molecule has 3 nitrogen and oxygen atoms in total. The predicted molar refractivity (Wildman–Crippen MR) is 77.0 cm³/mol. The Bertz CT molecular complexity index is 427. The van der Waals surface area contributed by atoms with Gasteiger partial charge in [0.15, 0.2) is 0 Å². The van der Waals surface area contributed by atoms with Crippen LogP contribution in [0.1, 0.15) is 5.56 Å². The first-order chi connectivity index (χ1) is 9.06. The number of halogens is 2. The molecule has 106 valence electrons. The van der Waals surface area contributed by atoms with Crippen LogP contribution in [0.3, 0.4) is 0 Å². The smallest absolute Gasteiger partial charge is 0.141 e. The van der Waals surface area contributed by atoms with E-state index in [4.69, 9.17) is 11.6 Å². The maximum atomic E-state index is 13.0. The van der Waals surface area contributed by atoms with Gasteiger partial charge in [0.2, 0.25) is 0 Å². The van der Waals surface area contributed by atoms with Gasteiger partial charge in [-0.2, -0.15) is 0 Å². The molecule has 0 saturated carbocycles. The molecule has 1 fully saturated rings. The van der Waals surface area contributed by atoms with Crippen molar-refractivity contribution in [2.75, 3.05) is 40.3 Å². The van der Waals surface area contributed by atoms with Gasteiger partial charge in [0.05, 0.1) is 5.02 Å². The summed E-state index contributed by atoms with van der Waals surface area (Å²) in [4.78, 5) is 4.73. The Morgan fingerprint density at radius 3 is 2.89 bits per heavy atom. The van der Waals surface area contributed by atoms with Gasteiger partial charge in [0, 0.05) is 38.8 Å². The molecule has 2 rings (SSSR count). The van der Waals surface area contributed by atoms with Crippen LogP contribution in [0.25, 0.3) is 0 Å². The highest BCUT2D eigenvalue weighted by Crippen LogP contribution is 2.15. The van der Waals surface area contributed by atoms with Crippen LogP contribution in [-0.2, 0) is 6.54 Å². The third-order valence-corrected chi connectivity index (χ3v) is 3.96. The van der Waals surface area contributed by atoms with Crippen LogP contribution < -0.4 is 5.32 Å². The normalized spacial score (nSPS) is 21.8. The average Bonchev–Trinajstić information content (AvgIpc) is 2.38. The van der Waals surface area contributed by atoms with Crippen LogP contribution in [0.5, 0.6) is 0 Å². The molecule has 0 aromatic heterocycles. The van der Waals surface area contributed by atoms with Gasteiger partial charge in [-0.3, -0.25) is 4.90 Å². The lowest BCUT2D eigenvalue weighted by atomic mass is 10.1. The molecule has 0 bridgehead atoms. The van der Waals surface area contributed by atoms with Gasteiger partial charge in [-0.25, -0.2) is 4.39 Å². The summed E-state index contributed by atoms with van der Waals surface area (Å²) in [6.07, 6.45) is 0. The molecular weight excluding hydrogens is 265 g/mol. The summed E-state index contributed by atoms with van der Waals surface area (Å²) in [5, 5.41) is 3.61. The fourth-order valence-corrected chi connectivity index (χ4v) is 2.56. The molecule has 1 unspecified atom stereocenters. The number of rotatable bonds is 4. The van der Waals surface area contributed by atoms with Gasteiger partial charge in [-0.1, -0.05) is 17.7 Å². The van der Waals surface area contributed by atoms with E-state index >= 15 is 0 Å². The highest BCUT2D eigenvalue weighted by molar-refractivity contribution is 6.30. The highest BCUT2D eigenvalue weighted by Gasteiger charge is 2.21. The van der Waals surface area contributed by atoms with Crippen molar-refractivity contribution >= 4 is 11.6 Å². The molecular formula is C14H21ClFN3. The predicted octanol–water partition coefficient (Wildman–Crippen LogP) is 1.81. The monoisotopic (exact) mass is 285 g/mol. The van der Waals surface area contributed by atoms with E-state index in [1.807, 2.05) is 0 Å². The van der Waals surface area contributed by atoms with Crippen LogP contribution >= 0.6 is 11.6 Å². The van der Waals surface area contributed by atoms with Gasteiger partial charge in [-0.15, -0.1) is 0 Å². The molecule has 0 radical (unpaired) electrons. The van der Waals surface area contributed by atoms with Gasteiger partial charge in [0.25, 0.3) is 0 Å². The number of piperazine rings is 1. The van der Waals surface area contributed by atoms with Crippen molar-refractivity contribution in [3.63, 3.8) is 0 Å². The molecule has 19 heavy (non-hydrogen) atoms. The molecule has 0 aliphatic carbocycles. The Morgan fingerprint density at radius 1 is 1.37 bits per heavy atom. The topological polar surface area (TPSA) is 18.5 Å². The molecule has 1 atom stereocenters. The van der Waals surface area contributed by atoms with Crippen molar-refractivity contribution in [2.45, 2.75) is 12.6 Å². The van der Waals surface area contributed by atoms with Gasteiger partial charge < -0.3 is 10.2 Å². The number of nitrogens with one attached hydrogen (secondary N) is 1. The third kappa shape index (κ3) is 4.14. The lowest BCUT2D eigenvalue weighted by molar-refractivity contribution is 0.113. The molecule has 1 N–H and O–H groups in total. The highest BCUT2D eigenvalue weighted by atomic mass is 35.5. The number of nitrogens with zero attached hydrogens (tertiary/aromatic N) is 2. The van der Waals surface area contributed by atoms with E-state index in [1.165, 1.54) is 6.07 Å². The van der Waals surface area contributed by atoms with E-state index in [9.17, 15) is 4.39 Å². The van der Waals surface area contributed by atoms with Crippen LogP contribution in [0.4, 0.5) is 4.39 Å². The number of hydrogen-bond donors (Lipinski definition) is 1. The van der Waals surface area contributed by atoms with E-state index in [0.29, 0.717) is 12.6 Å². The molecule has 5 heteroatoms. The largest absolute Gasteiger partial charge is 0.311 e. The quantitative estimate of drug-likeness (QED) is 0.910. The zero-order valence-corrected chi connectivity index (χ0v) is 12.3. The minimum absolute atomic E-state index is 0.189. The van der Waals surface area contributed by atoms with Crippen molar-refractivity contribution in [3.8, 4) is 0 Å². The summed E-state index contributed by atoms with van der Waals surface area (Å²) in [5.74, 6) is -0.362. The zero-order valence-electron chi connectivity index (χ0n) is 11.5. The molecule has 1 aromatic carbocycles. The maximum Gasteiger partial charge on any atom is 0.141 e. The summed E-state index contributed by atoms with van der Waals surface area (Å²) < 4.78 is 13.0. The van der Waals surface area contributed by atoms with E-state index in [0.717, 1.165) is 31.7 Å². The van der Waals surface area contributed by atoms with Crippen molar-refractivity contribution in [3.05, 3.63) is 34.6 Å². The Balaban J connectivity index is 1.80. The molecule has 1 aliphatic heterocycles. The molecule has 1 saturated heterocycles. The van der Waals surface area contributed by atoms with E-state index < -0.39 is 0 Å². The molecule has 1 aromatic rings. The number of hydrogen-bond acceptors (Lipinski definition) is 3. The Kier molecular flexibility index (Phi) is 5.16. The lowest BCUT2D eigenvalue weighted by Crippen LogP contribution is -2.53.